The standard InChI is InChI=1S/C11H24N2O/c1-3-7-14-11-5-4-6-13(9-11)8-10(2)12/h10-11H,3-9,12H2,1-2H3. The van der Waals surface area contributed by atoms with Gasteiger partial charge in [0.25, 0.3) is 0 Å². The second-order valence-electron chi connectivity index (χ2n) is 4.37. The van der Waals surface area contributed by atoms with Crippen LogP contribution in [0.1, 0.15) is 33.1 Å². The Kier molecular flexibility index (Phi) is 5.45. The fraction of sp³-hybridized carbons (Fsp3) is 1.00. The van der Waals surface area contributed by atoms with Crippen LogP contribution in [0.15, 0.2) is 0 Å². The van der Waals surface area contributed by atoms with Gasteiger partial charge in [0.05, 0.1) is 6.10 Å². The highest BCUT2D eigenvalue weighted by Crippen LogP contribution is 2.13. The summed E-state index contributed by atoms with van der Waals surface area (Å²) in [7, 11) is 0. The van der Waals surface area contributed by atoms with Gasteiger partial charge in [-0.1, -0.05) is 6.92 Å². The molecule has 1 heterocycles. The minimum atomic E-state index is 0.278. The first kappa shape index (κ1) is 12.0. The molecule has 0 aromatic heterocycles. The van der Waals surface area contributed by atoms with E-state index in [1.165, 1.54) is 19.4 Å². The molecule has 14 heavy (non-hydrogen) atoms. The molecule has 0 aromatic carbocycles. The molecule has 1 saturated heterocycles. The Hall–Kier alpha value is -0.120. The third kappa shape index (κ3) is 4.40. The Bertz CT molecular complexity index is 150. The van der Waals surface area contributed by atoms with E-state index in [9.17, 15) is 0 Å². The van der Waals surface area contributed by atoms with Crippen LogP contribution in [0.25, 0.3) is 0 Å². The lowest BCUT2D eigenvalue weighted by Gasteiger charge is -2.33. The molecule has 1 aliphatic rings. The third-order valence-corrected chi connectivity index (χ3v) is 2.57. The molecule has 3 heteroatoms. The third-order valence-electron chi connectivity index (χ3n) is 2.57. The average Bonchev–Trinajstić information content (AvgIpc) is 2.14. The number of nitrogens with zero attached hydrogens (tertiary/aromatic N) is 1. The molecule has 0 bridgehead atoms. The largest absolute Gasteiger partial charge is 0.377 e. The van der Waals surface area contributed by atoms with E-state index in [-0.39, 0.29) is 6.04 Å². The minimum Gasteiger partial charge on any atom is -0.377 e. The van der Waals surface area contributed by atoms with Gasteiger partial charge in [0.2, 0.25) is 0 Å². The molecule has 84 valence electrons. The summed E-state index contributed by atoms with van der Waals surface area (Å²) in [4.78, 5) is 2.43. The SMILES string of the molecule is CCCOC1CCCN(CC(C)N)C1. The van der Waals surface area contributed by atoms with Crippen LogP contribution in [0, 0.1) is 0 Å². The molecule has 0 radical (unpaired) electrons. The Labute approximate surface area is 87.6 Å². The summed E-state index contributed by atoms with van der Waals surface area (Å²) < 4.78 is 5.76. The quantitative estimate of drug-likeness (QED) is 0.725. The number of rotatable bonds is 5. The second kappa shape index (κ2) is 6.38. The first-order valence-electron chi connectivity index (χ1n) is 5.82. The van der Waals surface area contributed by atoms with Crippen molar-refractivity contribution in [3.05, 3.63) is 0 Å². The topological polar surface area (TPSA) is 38.5 Å². The predicted octanol–water partition coefficient (Wildman–Crippen LogP) is 1.22. The average molecular weight is 200 g/mol. The molecule has 1 aliphatic heterocycles. The van der Waals surface area contributed by atoms with E-state index in [0.29, 0.717) is 6.10 Å². The zero-order valence-corrected chi connectivity index (χ0v) is 9.54. The molecule has 2 N–H and O–H groups in total. The molecule has 3 nitrogen and oxygen atoms in total. The number of ether oxygens (including phenoxy) is 1. The van der Waals surface area contributed by atoms with Gasteiger partial charge in [-0.25, -0.2) is 0 Å². The van der Waals surface area contributed by atoms with Gasteiger partial charge < -0.3 is 10.5 Å². The van der Waals surface area contributed by atoms with Crippen molar-refractivity contribution in [2.24, 2.45) is 5.73 Å². The lowest BCUT2D eigenvalue weighted by atomic mass is 10.1. The summed E-state index contributed by atoms with van der Waals surface area (Å²) in [5.41, 5.74) is 5.79. The van der Waals surface area contributed by atoms with Crippen molar-refractivity contribution in [3.63, 3.8) is 0 Å². The van der Waals surface area contributed by atoms with Crippen LogP contribution in [0.3, 0.4) is 0 Å². The van der Waals surface area contributed by atoms with Crippen LogP contribution < -0.4 is 5.73 Å². The van der Waals surface area contributed by atoms with Gasteiger partial charge in [-0.05, 0) is 32.7 Å². The van der Waals surface area contributed by atoms with E-state index in [1.54, 1.807) is 0 Å². The Morgan fingerprint density at radius 3 is 3.00 bits per heavy atom. The Morgan fingerprint density at radius 1 is 1.57 bits per heavy atom. The first-order chi connectivity index (χ1) is 6.72. The molecular weight excluding hydrogens is 176 g/mol. The maximum absolute atomic E-state index is 5.79. The number of hydrogen-bond donors (Lipinski definition) is 1. The van der Waals surface area contributed by atoms with Crippen LogP contribution in [0.4, 0.5) is 0 Å². The minimum absolute atomic E-state index is 0.278. The van der Waals surface area contributed by atoms with Crippen LogP contribution >= 0.6 is 0 Å². The van der Waals surface area contributed by atoms with Crippen LogP contribution in [0.2, 0.25) is 0 Å². The van der Waals surface area contributed by atoms with Crippen LogP contribution in [0.5, 0.6) is 0 Å². The zero-order chi connectivity index (χ0) is 10.4. The Morgan fingerprint density at radius 2 is 2.36 bits per heavy atom. The molecular formula is C11H24N2O. The van der Waals surface area contributed by atoms with E-state index in [1.807, 2.05) is 0 Å². The molecule has 0 aliphatic carbocycles. The number of nitrogens with two attached hydrogens (primary N) is 1. The van der Waals surface area contributed by atoms with E-state index in [4.69, 9.17) is 10.5 Å². The molecule has 0 amide bonds. The summed E-state index contributed by atoms with van der Waals surface area (Å²) in [6.07, 6.45) is 4.03. The summed E-state index contributed by atoms with van der Waals surface area (Å²) in [6, 6.07) is 0.278. The van der Waals surface area contributed by atoms with Crippen molar-refractivity contribution in [3.8, 4) is 0 Å². The molecule has 2 atom stereocenters. The molecule has 1 rings (SSSR count). The maximum Gasteiger partial charge on any atom is 0.0702 e. The van der Waals surface area contributed by atoms with Crippen molar-refractivity contribution in [1.82, 2.24) is 4.90 Å². The fourth-order valence-corrected chi connectivity index (χ4v) is 2.01. The molecule has 0 saturated carbocycles. The highest BCUT2D eigenvalue weighted by molar-refractivity contribution is 4.75. The molecule has 0 aromatic rings. The Balaban J connectivity index is 2.21. The smallest absolute Gasteiger partial charge is 0.0702 e. The van der Waals surface area contributed by atoms with Gasteiger partial charge in [-0.15, -0.1) is 0 Å². The van der Waals surface area contributed by atoms with E-state index in [0.717, 1.165) is 26.1 Å². The number of hydrogen-bond acceptors (Lipinski definition) is 3. The summed E-state index contributed by atoms with van der Waals surface area (Å²) in [5, 5.41) is 0. The van der Waals surface area contributed by atoms with Gasteiger partial charge in [-0.3, -0.25) is 4.90 Å². The lowest BCUT2D eigenvalue weighted by Crippen LogP contribution is -2.44. The first-order valence-corrected chi connectivity index (χ1v) is 5.82. The number of likely N-dealkylation sites (tertiary alicyclic amines) is 1. The zero-order valence-electron chi connectivity index (χ0n) is 9.54. The molecule has 0 spiro atoms. The maximum atomic E-state index is 5.79. The van der Waals surface area contributed by atoms with Gasteiger partial charge in [0.15, 0.2) is 0 Å². The van der Waals surface area contributed by atoms with Crippen LogP contribution in [-0.2, 0) is 4.74 Å². The van der Waals surface area contributed by atoms with Gasteiger partial charge in [0, 0.05) is 25.7 Å². The van der Waals surface area contributed by atoms with Gasteiger partial charge in [0.1, 0.15) is 0 Å². The fourth-order valence-electron chi connectivity index (χ4n) is 2.01. The van der Waals surface area contributed by atoms with E-state index < -0.39 is 0 Å². The summed E-state index contributed by atoms with van der Waals surface area (Å²) in [5.74, 6) is 0. The molecule has 1 fully saturated rings. The second-order valence-corrected chi connectivity index (χ2v) is 4.37. The normalized spacial score (nSPS) is 26.4. The number of piperidine rings is 1. The highest BCUT2D eigenvalue weighted by atomic mass is 16.5. The lowest BCUT2D eigenvalue weighted by molar-refractivity contribution is -0.000932. The van der Waals surface area contributed by atoms with Crippen molar-refractivity contribution >= 4 is 0 Å². The molecule has 2 unspecified atom stereocenters. The van der Waals surface area contributed by atoms with Crippen molar-refractivity contribution in [2.75, 3.05) is 26.2 Å². The monoisotopic (exact) mass is 200 g/mol. The van der Waals surface area contributed by atoms with E-state index >= 15 is 0 Å². The summed E-state index contributed by atoms with van der Waals surface area (Å²) >= 11 is 0. The van der Waals surface area contributed by atoms with Gasteiger partial charge >= 0.3 is 0 Å². The van der Waals surface area contributed by atoms with E-state index in [2.05, 4.69) is 18.7 Å². The van der Waals surface area contributed by atoms with Crippen molar-refractivity contribution in [2.45, 2.75) is 45.3 Å². The van der Waals surface area contributed by atoms with Gasteiger partial charge in [-0.2, -0.15) is 0 Å². The highest BCUT2D eigenvalue weighted by Gasteiger charge is 2.20. The summed E-state index contributed by atoms with van der Waals surface area (Å²) in [6.45, 7) is 8.39. The van der Waals surface area contributed by atoms with Crippen LogP contribution in [-0.4, -0.2) is 43.3 Å². The van der Waals surface area contributed by atoms with Crippen molar-refractivity contribution in [1.29, 1.82) is 0 Å². The van der Waals surface area contributed by atoms with Crippen molar-refractivity contribution < 1.29 is 4.74 Å². The predicted molar refractivity (Wildman–Crippen MR) is 59.4 cm³/mol.